The molecule has 0 radical (unpaired) electrons. The smallest absolute Gasteiger partial charge is 0.257 e. The number of aliphatic hydroxyl groups is 2. The lowest BCUT2D eigenvalue weighted by Crippen LogP contribution is -2.55. The normalized spacial score (nSPS) is 24.4. The predicted molar refractivity (Wildman–Crippen MR) is 87.8 cm³/mol. The van der Waals surface area contributed by atoms with E-state index in [4.69, 9.17) is 4.74 Å². The standard InChI is InChI=1S/C19H19NO4/c1-24-14-6-7-16-12(11-14)10-13(8-9-21)20-18(22)15-4-2-3-5-17(15)19(16,20)23/h2-7,11,13,21,23H,8-10H2,1H3/t13-,19-/m0/s1. The van der Waals surface area contributed by atoms with Crippen molar-refractivity contribution in [3.63, 3.8) is 0 Å². The molecule has 0 saturated carbocycles. The van der Waals surface area contributed by atoms with Crippen molar-refractivity contribution in [1.82, 2.24) is 4.90 Å². The van der Waals surface area contributed by atoms with Gasteiger partial charge >= 0.3 is 0 Å². The number of rotatable bonds is 3. The third-order valence-electron chi connectivity index (χ3n) is 5.07. The number of benzene rings is 2. The average molecular weight is 325 g/mol. The number of carbonyl (C=O) groups excluding carboxylic acids is 1. The lowest BCUT2D eigenvalue weighted by molar-refractivity contribution is -0.0814. The third-order valence-corrected chi connectivity index (χ3v) is 5.07. The van der Waals surface area contributed by atoms with Gasteiger partial charge in [0.15, 0.2) is 5.72 Å². The van der Waals surface area contributed by atoms with Crippen LogP contribution < -0.4 is 4.74 Å². The van der Waals surface area contributed by atoms with Crippen LogP contribution in [0, 0.1) is 0 Å². The molecule has 2 aliphatic heterocycles. The highest BCUT2D eigenvalue weighted by Gasteiger charge is 2.55. The first-order valence-electron chi connectivity index (χ1n) is 8.05. The highest BCUT2D eigenvalue weighted by molar-refractivity contribution is 6.01. The Labute approximate surface area is 140 Å². The van der Waals surface area contributed by atoms with Crippen LogP contribution in [0.2, 0.25) is 0 Å². The molecular formula is C19H19NO4. The van der Waals surface area contributed by atoms with Crippen LogP contribution in [-0.4, -0.2) is 40.8 Å². The van der Waals surface area contributed by atoms with Crippen molar-refractivity contribution >= 4 is 5.91 Å². The Balaban J connectivity index is 1.97. The summed E-state index contributed by atoms with van der Waals surface area (Å²) >= 11 is 0. The van der Waals surface area contributed by atoms with Gasteiger partial charge in [0.2, 0.25) is 0 Å². The Morgan fingerprint density at radius 2 is 2.04 bits per heavy atom. The van der Waals surface area contributed by atoms with E-state index in [9.17, 15) is 15.0 Å². The number of amides is 1. The number of aliphatic hydroxyl groups excluding tert-OH is 1. The first-order chi connectivity index (χ1) is 11.6. The van der Waals surface area contributed by atoms with Crippen LogP contribution >= 0.6 is 0 Å². The Morgan fingerprint density at radius 3 is 2.79 bits per heavy atom. The molecule has 0 aromatic heterocycles. The maximum atomic E-state index is 12.9. The van der Waals surface area contributed by atoms with Gasteiger partial charge in [-0.3, -0.25) is 9.69 Å². The van der Waals surface area contributed by atoms with E-state index in [1.54, 1.807) is 31.4 Å². The molecule has 2 N–H and O–H groups in total. The van der Waals surface area contributed by atoms with Gasteiger partial charge in [-0.15, -0.1) is 0 Å². The van der Waals surface area contributed by atoms with Crippen LogP contribution in [0.5, 0.6) is 5.75 Å². The second-order valence-corrected chi connectivity index (χ2v) is 6.29. The summed E-state index contributed by atoms with van der Waals surface area (Å²) in [5.74, 6) is 0.527. The summed E-state index contributed by atoms with van der Waals surface area (Å²) in [7, 11) is 1.60. The minimum absolute atomic E-state index is 0.0415. The number of ether oxygens (including phenoxy) is 1. The molecular weight excluding hydrogens is 306 g/mol. The van der Waals surface area contributed by atoms with E-state index < -0.39 is 5.72 Å². The molecule has 0 fully saturated rings. The first kappa shape index (κ1) is 15.2. The largest absolute Gasteiger partial charge is 0.497 e. The molecule has 2 atom stereocenters. The highest BCUT2D eigenvalue weighted by atomic mass is 16.5. The topological polar surface area (TPSA) is 70.0 Å². The summed E-state index contributed by atoms with van der Waals surface area (Å²) in [5, 5.41) is 21.1. The summed E-state index contributed by atoms with van der Waals surface area (Å²) in [4.78, 5) is 14.4. The van der Waals surface area contributed by atoms with E-state index in [0.717, 1.165) is 5.56 Å². The molecule has 5 nitrogen and oxygen atoms in total. The monoisotopic (exact) mass is 325 g/mol. The van der Waals surface area contributed by atoms with E-state index >= 15 is 0 Å². The van der Waals surface area contributed by atoms with Gasteiger partial charge in [-0.1, -0.05) is 18.2 Å². The molecule has 5 heteroatoms. The zero-order valence-corrected chi connectivity index (χ0v) is 13.4. The van der Waals surface area contributed by atoms with Crippen LogP contribution in [0.3, 0.4) is 0 Å². The minimum Gasteiger partial charge on any atom is -0.497 e. The Hall–Kier alpha value is -2.37. The van der Waals surface area contributed by atoms with Crippen LogP contribution in [0.15, 0.2) is 42.5 Å². The molecule has 1 amide bonds. The molecule has 0 aliphatic carbocycles. The first-order valence-corrected chi connectivity index (χ1v) is 8.05. The fourth-order valence-corrected chi connectivity index (χ4v) is 4.02. The van der Waals surface area contributed by atoms with Crippen LogP contribution in [0.1, 0.15) is 33.5 Å². The summed E-state index contributed by atoms with van der Waals surface area (Å²) in [6.07, 6.45) is 0.994. The van der Waals surface area contributed by atoms with E-state index in [1.165, 1.54) is 4.90 Å². The van der Waals surface area contributed by atoms with E-state index in [1.807, 2.05) is 18.2 Å². The number of hydrogen-bond donors (Lipinski definition) is 2. The van der Waals surface area contributed by atoms with Crippen LogP contribution in [0.4, 0.5) is 0 Å². The molecule has 0 unspecified atom stereocenters. The van der Waals surface area contributed by atoms with Crippen molar-refractivity contribution in [2.75, 3.05) is 13.7 Å². The quantitative estimate of drug-likeness (QED) is 0.900. The van der Waals surface area contributed by atoms with E-state index in [0.29, 0.717) is 35.3 Å². The Bertz CT molecular complexity index is 819. The maximum absolute atomic E-state index is 12.9. The van der Waals surface area contributed by atoms with E-state index in [2.05, 4.69) is 0 Å². The second kappa shape index (κ2) is 5.33. The number of methoxy groups -OCH3 is 1. The van der Waals surface area contributed by atoms with Crippen molar-refractivity contribution in [2.24, 2.45) is 0 Å². The number of carbonyl (C=O) groups is 1. The molecule has 2 aliphatic rings. The fourth-order valence-electron chi connectivity index (χ4n) is 4.02. The highest BCUT2D eigenvalue weighted by Crippen LogP contribution is 2.48. The predicted octanol–water partition coefficient (Wildman–Crippen LogP) is 1.65. The van der Waals surface area contributed by atoms with Crippen molar-refractivity contribution < 1.29 is 19.7 Å². The van der Waals surface area contributed by atoms with Gasteiger partial charge < -0.3 is 14.9 Å². The molecule has 2 aromatic rings. The summed E-state index contributed by atoms with van der Waals surface area (Å²) < 4.78 is 5.30. The van der Waals surface area contributed by atoms with E-state index in [-0.39, 0.29) is 18.6 Å². The van der Waals surface area contributed by atoms with Gasteiger partial charge in [0, 0.05) is 29.3 Å². The molecule has 0 spiro atoms. The lowest BCUT2D eigenvalue weighted by Gasteiger charge is -2.45. The average Bonchev–Trinajstić information content (AvgIpc) is 2.84. The van der Waals surface area contributed by atoms with Crippen LogP contribution in [0.25, 0.3) is 0 Å². The van der Waals surface area contributed by atoms with Gasteiger partial charge in [-0.2, -0.15) is 0 Å². The van der Waals surface area contributed by atoms with Gasteiger partial charge in [-0.25, -0.2) is 0 Å². The van der Waals surface area contributed by atoms with Gasteiger partial charge in [-0.05, 0) is 42.7 Å². The number of nitrogens with zero attached hydrogens (tertiary/aromatic N) is 1. The van der Waals surface area contributed by atoms with Crippen molar-refractivity contribution in [2.45, 2.75) is 24.6 Å². The zero-order chi connectivity index (χ0) is 16.9. The molecule has 2 aromatic carbocycles. The maximum Gasteiger partial charge on any atom is 0.257 e. The van der Waals surface area contributed by atoms with Gasteiger partial charge in [0.05, 0.1) is 7.11 Å². The SMILES string of the molecule is COc1ccc2c(c1)C[C@H](CCO)N1C(=O)c3ccccc3[C@@]21O. The van der Waals surface area contributed by atoms with Crippen molar-refractivity contribution in [1.29, 1.82) is 0 Å². The second-order valence-electron chi connectivity index (χ2n) is 6.29. The molecule has 0 saturated heterocycles. The van der Waals surface area contributed by atoms with Crippen molar-refractivity contribution in [3.05, 3.63) is 64.7 Å². The number of fused-ring (bicyclic) bond motifs is 5. The zero-order valence-electron chi connectivity index (χ0n) is 13.4. The minimum atomic E-state index is -1.49. The Kier molecular flexibility index (Phi) is 3.37. The molecule has 0 bridgehead atoms. The van der Waals surface area contributed by atoms with Crippen molar-refractivity contribution in [3.8, 4) is 5.75 Å². The third kappa shape index (κ3) is 1.85. The summed E-state index contributed by atoms with van der Waals surface area (Å²) in [5.41, 5.74) is 1.27. The van der Waals surface area contributed by atoms with Crippen LogP contribution in [-0.2, 0) is 12.1 Å². The molecule has 2 heterocycles. The summed E-state index contributed by atoms with van der Waals surface area (Å²) in [6, 6.07) is 12.4. The fraction of sp³-hybridized carbons (Fsp3) is 0.316. The van der Waals surface area contributed by atoms with Gasteiger partial charge in [0.1, 0.15) is 5.75 Å². The number of hydrogen-bond acceptors (Lipinski definition) is 4. The molecule has 24 heavy (non-hydrogen) atoms. The molecule has 124 valence electrons. The molecule has 4 rings (SSSR count). The summed E-state index contributed by atoms with van der Waals surface area (Å²) in [6.45, 7) is -0.0415. The van der Waals surface area contributed by atoms with Gasteiger partial charge in [0.25, 0.3) is 5.91 Å². The lowest BCUT2D eigenvalue weighted by atomic mass is 9.83. The Morgan fingerprint density at radius 1 is 1.25 bits per heavy atom.